The number of likely N-dealkylation sites (N-methyl/N-ethyl adjacent to an activating group) is 1. The summed E-state index contributed by atoms with van der Waals surface area (Å²) in [5.41, 5.74) is 0. The third-order valence-corrected chi connectivity index (χ3v) is 4.95. The first-order valence-corrected chi connectivity index (χ1v) is 8.15. The summed E-state index contributed by atoms with van der Waals surface area (Å²) < 4.78 is 27.3. The molecule has 18 heavy (non-hydrogen) atoms. The molecule has 0 amide bonds. The summed E-state index contributed by atoms with van der Waals surface area (Å²) in [7, 11) is -1.61. The van der Waals surface area contributed by atoms with Crippen LogP contribution in [0.25, 0.3) is 0 Å². The fourth-order valence-electron chi connectivity index (χ4n) is 1.30. The van der Waals surface area contributed by atoms with Crippen molar-refractivity contribution in [2.24, 2.45) is 0 Å². The van der Waals surface area contributed by atoms with Crippen molar-refractivity contribution in [3.8, 4) is 0 Å². The Hall–Kier alpha value is -0.140. The molecule has 1 N–H and O–H groups in total. The van der Waals surface area contributed by atoms with Crippen LogP contribution in [0.15, 0.2) is 27.6 Å². The minimum absolute atomic E-state index is 0.103. The molecule has 0 spiro atoms. The molecule has 0 heterocycles. The number of nitrogens with one attached hydrogen (secondary N) is 1. The van der Waals surface area contributed by atoms with E-state index in [0.29, 0.717) is 13.1 Å². The standard InChI is InChI=1S/C11H16BrClN2O2S/c1-3-15(2)7-6-14-18(16,17)11-5-4-9(12)8-10(11)13/h4-5,8,14H,3,6-7H2,1-2H3. The number of rotatable bonds is 6. The van der Waals surface area contributed by atoms with Gasteiger partial charge < -0.3 is 4.90 Å². The van der Waals surface area contributed by atoms with Gasteiger partial charge in [-0.25, -0.2) is 13.1 Å². The van der Waals surface area contributed by atoms with E-state index >= 15 is 0 Å². The molecule has 102 valence electrons. The molecule has 0 aliphatic rings. The SMILES string of the molecule is CCN(C)CCNS(=O)(=O)c1ccc(Br)cc1Cl. The van der Waals surface area contributed by atoms with Crippen molar-refractivity contribution in [3.63, 3.8) is 0 Å². The van der Waals surface area contributed by atoms with Gasteiger partial charge in [-0.05, 0) is 31.8 Å². The van der Waals surface area contributed by atoms with Crippen LogP contribution in [0.1, 0.15) is 6.92 Å². The highest BCUT2D eigenvalue weighted by Crippen LogP contribution is 2.24. The van der Waals surface area contributed by atoms with E-state index < -0.39 is 10.0 Å². The van der Waals surface area contributed by atoms with Gasteiger partial charge in [-0.1, -0.05) is 34.5 Å². The van der Waals surface area contributed by atoms with Crippen molar-refractivity contribution in [2.45, 2.75) is 11.8 Å². The topological polar surface area (TPSA) is 49.4 Å². The molecule has 0 unspecified atom stereocenters. The number of hydrogen-bond acceptors (Lipinski definition) is 3. The summed E-state index contributed by atoms with van der Waals surface area (Å²) in [5.74, 6) is 0. The first kappa shape index (κ1) is 15.9. The summed E-state index contributed by atoms with van der Waals surface area (Å²) in [6.07, 6.45) is 0. The fraction of sp³-hybridized carbons (Fsp3) is 0.455. The van der Waals surface area contributed by atoms with Gasteiger partial charge in [0.15, 0.2) is 0 Å². The van der Waals surface area contributed by atoms with Gasteiger partial charge in [0.25, 0.3) is 0 Å². The second-order valence-electron chi connectivity index (χ2n) is 3.87. The minimum atomic E-state index is -3.54. The third-order valence-electron chi connectivity index (χ3n) is 2.51. The van der Waals surface area contributed by atoms with E-state index in [0.717, 1.165) is 11.0 Å². The first-order valence-electron chi connectivity index (χ1n) is 5.50. The fourth-order valence-corrected chi connectivity index (χ4v) is 3.36. The Morgan fingerprint density at radius 1 is 1.44 bits per heavy atom. The zero-order chi connectivity index (χ0) is 13.8. The predicted molar refractivity (Wildman–Crippen MR) is 77.5 cm³/mol. The van der Waals surface area contributed by atoms with Crippen LogP contribution in [-0.2, 0) is 10.0 Å². The maximum atomic E-state index is 12.0. The maximum absolute atomic E-state index is 12.0. The number of hydrogen-bond donors (Lipinski definition) is 1. The molecule has 4 nitrogen and oxygen atoms in total. The minimum Gasteiger partial charge on any atom is -0.305 e. The highest BCUT2D eigenvalue weighted by Gasteiger charge is 2.17. The maximum Gasteiger partial charge on any atom is 0.242 e. The lowest BCUT2D eigenvalue weighted by molar-refractivity contribution is 0.358. The predicted octanol–water partition coefficient (Wildman–Crippen LogP) is 2.33. The monoisotopic (exact) mass is 354 g/mol. The van der Waals surface area contributed by atoms with Gasteiger partial charge in [-0.3, -0.25) is 0 Å². The molecule has 1 aromatic rings. The van der Waals surface area contributed by atoms with E-state index in [-0.39, 0.29) is 9.92 Å². The quantitative estimate of drug-likeness (QED) is 0.852. The molecular formula is C11H16BrClN2O2S. The lowest BCUT2D eigenvalue weighted by Crippen LogP contribution is -2.33. The largest absolute Gasteiger partial charge is 0.305 e. The van der Waals surface area contributed by atoms with Crippen LogP contribution >= 0.6 is 27.5 Å². The second kappa shape index (κ2) is 6.86. The summed E-state index contributed by atoms with van der Waals surface area (Å²) in [6.45, 7) is 3.91. The van der Waals surface area contributed by atoms with Gasteiger partial charge in [0.05, 0.1) is 5.02 Å². The Bertz CT molecular complexity index is 508. The highest BCUT2D eigenvalue weighted by molar-refractivity contribution is 9.10. The zero-order valence-electron chi connectivity index (χ0n) is 10.3. The molecule has 0 aliphatic carbocycles. The van der Waals surface area contributed by atoms with Crippen LogP contribution in [0.5, 0.6) is 0 Å². The normalized spacial score (nSPS) is 12.1. The van der Waals surface area contributed by atoms with E-state index in [2.05, 4.69) is 20.7 Å². The van der Waals surface area contributed by atoms with Crippen LogP contribution in [0, 0.1) is 0 Å². The number of benzene rings is 1. The van der Waals surface area contributed by atoms with Gasteiger partial charge in [0.2, 0.25) is 10.0 Å². The van der Waals surface area contributed by atoms with Crippen molar-refractivity contribution in [2.75, 3.05) is 26.7 Å². The number of halogens is 2. The Kier molecular flexibility index (Phi) is 6.07. The average Bonchev–Trinajstić information content (AvgIpc) is 2.27. The molecule has 1 rings (SSSR count). The van der Waals surface area contributed by atoms with Gasteiger partial charge in [0, 0.05) is 17.6 Å². The Morgan fingerprint density at radius 3 is 2.67 bits per heavy atom. The summed E-state index contributed by atoms with van der Waals surface area (Å²) in [4.78, 5) is 2.12. The van der Waals surface area contributed by atoms with Crippen molar-refractivity contribution in [1.82, 2.24) is 9.62 Å². The van der Waals surface area contributed by atoms with Crippen LogP contribution < -0.4 is 4.72 Å². The molecule has 0 atom stereocenters. The average molecular weight is 356 g/mol. The summed E-state index contributed by atoms with van der Waals surface area (Å²) in [6, 6.07) is 4.70. The summed E-state index contributed by atoms with van der Waals surface area (Å²) >= 11 is 9.16. The van der Waals surface area contributed by atoms with Crippen LogP contribution in [-0.4, -0.2) is 40.0 Å². The van der Waals surface area contributed by atoms with Gasteiger partial charge in [-0.15, -0.1) is 0 Å². The Balaban J connectivity index is 2.74. The van der Waals surface area contributed by atoms with E-state index in [1.54, 1.807) is 12.1 Å². The smallest absolute Gasteiger partial charge is 0.242 e. The molecule has 0 aliphatic heterocycles. The van der Waals surface area contributed by atoms with Crippen LogP contribution in [0.3, 0.4) is 0 Å². The van der Waals surface area contributed by atoms with E-state index in [9.17, 15) is 8.42 Å². The van der Waals surface area contributed by atoms with Crippen molar-refractivity contribution < 1.29 is 8.42 Å². The zero-order valence-corrected chi connectivity index (χ0v) is 13.4. The molecule has 0 saturated heterocycles. The molecule has 0 aromatic heterocycles. The number of sulfonamides is 1. The molecule has 1 aromatic carbocycles. The van der Waals surface area contributed by atoms with Crippen molar-refractivity contribution in [1.29, 1.82) is 0 Å². The Labute approximate surface area is 121 Å². The van der Waals surface area contributed by atoms with E-state index in [4.69, 9.17) is 11.6 Å². The van der Waals surface area contributed by atoms with Gasteiger partial charge in [-0.2, -0.15) is 0 Å². The molecule has 7 heteroatoms. The van der Waals surface area contributed by atoms with Gasteiger partial charge in [0.1, 0.15) is 4.90 Å². The first-order chi connectivity index (χ1) is 8.36. The number of nitrogens with zero attached hydrogens (tertiary/aromatic N) is 1. The summed E-state index contributed by atoms with van der Waals surface area (Å²) in [5, 5.41) is 0.209. The van der Waals surface area contributed by atoms with Crippen molar-refractivity contribution in [3.05, 3.63) is 27.7 Å². The van der Waals surface area contributed by atoms with E-state index in [1.807, 2.05) is 18.9 Å². The van der Waals surface area contributed by atoms with E-state index in [1.165, 1.54) is 6.07 Å². The third kappa shape index (κ3) is 4.51. The molecule has 0 saturated carbocycles. The lowest BCUT2D eigenvalue weighted by Gasteiger charge is -2.14. The van der Waals surface area contributed by atoms with Gasteiger partial charge >= 0.3 is 0 Å². The molecule has 0 radical (unpaired) electrons. The molecule has 0 bridgehead atoms. The van der Waals surface area contributed by atoms with Crippen LogP contribution in [0.4, 0.5) is 0 Å². The second-order valence-corrected chi connectivity index (χ2v) is 6.93. The Morgan fingerprint density at radius 2 is 2.11 bits per heavy atom. The highest BCUT2D eigenvalue weighted by atomic mass is 79.9. The van der Waals surface area contributed by atoms with Crippen LogP contribution in [0.2, 0.25) is 5.02 Å². The molecule has 0 fully saturated rings. The molecular weight excluding hydrogens is 340 g/mol. The van der Waals surface area contributed by atoms with Crippen molar-refractivity contribution >= 4 is 37.6 Å². The lowest BCUT2D eigenvalue weighted by atomic mass is 10.4.